The number of halogens is 1. The first-order chi connectivity index (χ1) is 6.74. The molecule has 1 heterocycles. The molecule has 0 aliphatic heterocycles. The summed E-state index contributed by atoms with van der Waals surface area (Å²) in [5.74, 6) is 0.599. The molecule has 0 spiro atoms. The fraction of sp³-hybridized carbons (Fsp3) is 0.200. The van der Waals surface area contributed by atoms with Crippen molar-refractivity contribution in [2.45, 2.75) is 6.61 Å². The molecule has 0 bridgehead atoms. The molecule has 4 heteroatoms. The van der Waals surface area contributed by atoms with Gasteiger partial charge in [-0.25, -0.2) is 0 Å². The summed E-state index contributed by atoms with van der Waals surface area (Å²) in [6, 6.07) is 4.95. The first kappa shape index (κ1) is 9.43. The van der Waals surface area contributed by atoms with Gasteiger partial charge in [0, 0.05) is 10.3 Å². The van der Waals surface area contributed by atoms with Gasteiger partial charge in [0.2, 0.25) is 0 Å². The fourth-order valence-electron chi connectivity index (χ4n) is 1.40. The number of ether oxygens (including phenoxy) is 1. The van der Waals surface area contributed by atoms with Gasteiger partial charge in [-0.3, -0.25) is 0 Å². The Kier molecular flexibility index (Phi) is 2.39. The highest BCUT2D eigenvalue weighted by Crippen LogP contribution is 2.31. The molecule has 0 radical (unpaired) electrons. The largest absolute Gasteiger partial charge is 0.496 e. The van der Waals surface area contributed by atoms with E-state index in [0.29, 0.717) is 11.3 Å². The molecular formula is C10H9FO2S. The highest BCUT2D eigenvalue weighted by Gasteiger charge is 2.07. The van der Waals surface area contributed by atoms with E-state index >= 15 is 0 Å². The molecule has 2 nitrogen and oxygen atoms in total. The van der Waals surface area contributed by atoms with Gasteiger partial charge in [-0.1, -0.05) is 0 Å². The molecule has 0 saturated carbocycles. The molecule has 0 aliphatic rings. The van der Waals surface area contributed by atoms with E-state index in [-0.39, 0.29) is 11.7 Å². The van der Waals surface area contributed by atoms with Gasteiger partial charge in [-0.2, -0.15) is 4.39 Å². The van der Waals surface area contributed by atoms with Gasteiger partial charge < -0.3 is 9.84 Å². The van der Waals surface area contributed by atoms with Gasteiger partial charge in [0.15, 0.2) is 5.13 Å². The van der Waals surface area contributed by atoms with E-state index in [0.717, 1.165) is 21.4 Å². The second-order valence-electron chi connectivity index (χ2n) is 2.91. The summed E-state index contributed by atoms with van der Waals surface area (Å²) in [7, 11) is 1.53. The highest BCUT2D eigenvalue weighted by atomic mass is 32.1. The molecule has 1 N–H and O–H groups in total. The molecule has 0 amide bonds. The number of aliphatic hydroxyl groups excluding tert-OH is 1. The number of thiophene rings is 1. The Balaban J connectivity index is 2.68. The van der Waals surface area contributed by atoms with E-state index in [4.69, 9.17) is 9.84 Å². The van der Waals surface area contributed by atoms with Crippen molar-refractivity contribution < 1.29 is 14.2 Å². The number of benzene rings is 1. The van der Waals surface area contributed by atoms with Crippen molar-refractivity contribution in [3.63, 3.8) is 0 Å². The van der Waals surface area contributed by atoms with Crippen LogP contribution in [0, 0.1) is 5.13 Å². The van der Waals surface area contributed by atoms with Crippen LogP contribution in [0.15, 0.2) is 18.2 Å². The molecule has 0 aliphatic carbocycles. The van der Waals surface area contributed by atoms with Gasteiger partial charge in [0.05, 0.1) is 13.7 Å². The Hall–Kier alpha value is -1.13. The van der Waals surface area contributed by atoms with Crippen molar-refractivity contribution in [2.75, 3.05) is 7.11 Å². The van der Waals surface area contributed by atoms with Crippen LogP contribution in [0.25, 0.3) is 10.1 Å². The molecule has 1 aromatic carbocycles. The Bertz CT molecular complexity index is 423. The minimum absolute atomic E-state index is 0.101. The van der Waals surface area contributed by atoms with Gasteiger partial charge in [-0.05, 0) is 23.6 Å². The Labute approximate surface area is 84.6 Å². The first-order valence-electron chi connectivity index (χ1n) is 4.11. The lowest BCUT2D eigenvalue weighted by atomic mass is 10.1. The Morgan fingerprint density at radius 1 is 1.43 bits per heavy atom. The molecule has 0 unspecified atom stereocenters. The van der Waals surface area contributed by atoms with Crippen molar-refractivity contribution >= 4 is 21.4 Å². The summed E-state index contributed by atoms with van der Waals surface area (Å²) in [4.78, 5) is 0. The van der Waals surface area contributed by atoms with Crippen LogP contribution in [-0.2, 0) is 6.61 Å². The van der Waals surface area contributed by atoms with Gasteiger partial charge in [0.1, 0.15) is 5.75 Å². The van der Waals surface area contributed by atoms with Crippen molar-refractivity contribution in [3.8, 4) is 5.75 Å². The third kappa shape index (κ3) is 1.47. The quantitative estimate of drug-likeness (QED) is 0.829. The van der Waals surface area contributed by atoms with Crippen LogP contribution in [-0.4, -0.2) is 12.2 Å². The lowest BCUT2D eigenvalue weighted by Crippen LogP contribution is -1.90. The van der Waals surface area contributed by atoms with E-state index in [9.17, 15) is 4.39 Å². The monoisotopic (exact) mass is 212 g/mol. The fourth-order valence-corrected chi connectivity index (χ4v) is 2.19. The molecule has 1 aromatic heterocycles. The smallest absolute Gasteiger partial charge is 0.177 e. The summed E-state index contributed by atoms with van der Waals surface area (Å²) in [5, 5.41) is 9.62. The SMILES string of the molecule is COc1cc2sc(F)cc2cc1CO. The summed E-state index contributed by atoms with van der Waals surface area (Å²) in [6.07, 6.45) is 0. The molecule has 2 rings (SSSR count). The van der Waals surface area contributed by atoms with Crippen molar-refractivity contribution in [2.24, 2.45) is 0 Å². The van der Waals surface area contributed by atoms with Crippen LogP contribution < -0.4 is 4.74 Å². The molecule has 14 heavy (non-hydrogen) atoms. The van der Waals surface area contributed by atoms with E-state index < -0.39 is 0 Å². The van der Waals surface area contributed by atoms with Gasteiger partial charge in [0.25, 0.3) is 0 Å². The van der Waals surface area contributed by atoms with Crippen LogP contribution in [0.2, 0.25) is 0 Å². The zero-order chi connectivity index (χ0) is 10.1. The minimum Gasteiger partial charge on any atom is -0.496 e. The number of hydrogen-bond acceptors (Lipinski definition) is 3. The molecular weight excluding hydrogens is 203 g/mol. The molecule has 0 atom stereocenters. The summed E-state index contributed by atoms with van der Waals surface area (Å²) in [5.41, 5.74) is 0.679. The number of rotatable bonds is 2. The van der Waals surface area contributed by atoms with E-state index in [1.807, 2.05) is 0 Å². The second kappa shape index (κ2) is 3.55. The summed E-state index contributed by atoms with van der Waals surface area (Å²) in [6.45, 7) is -0.101. The van der Waals surface area contributed by atoms with E-state index in [1.165, 1.54) is 13.2 Å². The molecule has 0 fully saturated rings. The maximum absolute atomic E-state index is 12.9. The van der Waals surface area contributed by atoms with Crippen molar-refractivity contribution in [1.29, 1.82) is 0 Å². The topological polar surface area (TPSA) is 29.5 Å². The molecule has 0 saturated heterocycles. The second-order valence-corrected chi connectivity index (χ2v) is 3.94. The highest BCUT2D eigenvalue weighted by molar-refractivity contribution is 7.17. The normalized spacial score (nSPS) is 10.8. The van der Waals surface area contributed by atoms with E-state index in [1.54, 1.807) is 12.1 Å². The number of aliphatic hydroxyl groups is 1. The average Bonchev–Trinajstić information content (AvgIpc) is 2.54. The summed E-state index contributed by atoms with van der Waals surface area (Å²) >= 11 is 1.07. The maximum atomic E-state index is 12.9. The predicted octanol–water partition coefficient (Wildman–Crippen LogP) is 2.54. The standard InChI is InChI=1S/C10H9FO2S/c1-13-8-4-9-6(2-7(8)5-12)3-10(11)14-9/h2-4,12H,5H2,1H3. The zero-order valence-electron chi connectivity index (χ0n) is 7.58. The Morgan fingerprint density at radius 2 is 2.21 bits per heavy atom. The average molecular weight is 212 g/mol. The lowest BCUT2D eigenvalue weighted by Gasteiger charge is -2.05. The van der Waals surface area contributed by atoms with Gasteiger partial charge >= 0.3 is 0 Å². The Morgan fingerprint density at radius 3 is 2.86 bits per heavy atom. The van der Waals surface area contributed by atoms with Crippen LogP contribution in [0.1, 0.15) is 5.56 Å². The third-order valence-electron chi connectivity index (χ3n) is 2.06. The minimum atomic E-state index is -0.225. The van der Waals surface area contributed by atoms with Gasteiger partial charge in [-0.15, -0.1) is 11.3 Å². The third-order valence-corrected chi connectivity index (χ3v) is 2.95. The maximum Gasteiger partial charge on any atom is 0.177 e. The van der Waals surface area contributed by atoms with Crippen molar-refractivity contribution in [1.82, 2.24) is 0 Å². The van der Waals surface area contributed by atoms with E-state index in [2.05, 4.69) is 0 Å². The summed E-state index contributed by atoms with van der Waals surface area (Å²) < 4.78 is 18.8. The van der Waals surface area contributed by atoms with Crippen LogP contribution >= 0.6 is 11.3 Å². The van der Waals surface area contributed by atoms with Crippen LogP contribution in [0.4, 0.5) is 4.39 Å². The predicted molar refractivity (Wildman–Crippen MR) is 54.3 cm³/mol. The number of fused-ring (bicyclic) bond motifs is 1. The first-order valence-corrected chi connectivity index (χ1v) is 4.93. The van der Waals surface area contributed by atoms with Crippen LogP contribution in [0.3, 0.4) is 0 Å². The zero-order valence-corrected chi connectivity index (χ0v) is 8.40. The molecule has 2 aromatic rings. The molecule has 74 valence electrons. The number of hydrogen-bond donors (Lipinski definition) is 1. The van der Waals surface area contributed by atoms with Crippen molar-refractivity contribution in [3.05, 3.63) is 28.9 Å². The number of methoxy groups -OCH3 is 1. The lowest BCUT2D eigenvalue weighted by molar-refractivity contribution is 0.274. The van der Waals surface area contributed by atoms with Crippen LogP contribution in [0.5, 0.6) is 5.75 Å².